The summed E-state index contributed by atoms with van der Waals surface area (Å²) in [6, 6.07) is 20.3. The Balaban J connectivity index is 1.44. The van der Waals surface area contributed by atoms with Gasteiger partial charge >= 0.3 is 0 Å². The van der Waals surface area contributed by atoms with E-state index in [4.69, 9.17) is 0 Å². The van der Waals surface area contributed by atoms with Gasteiger partial charge in [-0.15, -0.1) is 0 Å². The summed E-state index contributed by atoms with van der Waals surface area (Å²) in [5.41, 5.74) is 4.48. The van der Waals surface area contributed by atoms with Crippen molar-refractivity contribution in [1.29, 1.82) is 0 Å². The first kappa shape index (κ1) is 16.4. The quantitative estimate of drug-likeness (QED) is 0.789. The van der Waals surface area contributed by atoms with Crippen LogP contribution in [-0.2, 0) is 17.8 Å². The highest BCUT2D eigenvalue weighted by molar-refractivity contribution is 5.81. The van der Waals surface area contributed by atoms with E-state index >= 15 is 0 Å². The molecule has 2 aromatic carbocycles. The van der Waals surface area contributed by atoms with E-state index in [2.05, 4.69) is 28.6 Å². The Morgan fingerprint density at radius 3 is 2.62 bits per heavy atom. The number of hydrogen-bond acceptors (Lipinski definition) is 3. The van der Waals surface area contributed by atoms with E-state index in [1.165, 1.54) is 11.1 Å². The zero-order valence-electron chi connectivity index (χ0n) is 14.9. The Morgan fingerprint density at radius 1 is 1.08 bits per heavy atom. The van der Waals surface area contributed by atoms with Gasteiger partial charge in [0, 0.05) is 19.2 Å². The number of anilines is 1. The number of carbonyl (C=O) groups is 1. The molecule has 0 saturated carbocycles. The van der Waals surface area contributed by atoms with E-state index < -0.39 is 0 Å². The van der Waals surface area contributed by atoms with E-state index in [-0.39, 0.29) is 12.5 Å². The van der Waals surface area contributed by atoms with Crippen LogP contribution in [0.5, 0.6) is 0 Å². The Hall–Kier alpha value is -3.08. The minimum Gasteiger partial charge on any atom is -0.361 e. The number of rotatable bonds is 4. The minimum absolute atomic E-state index is 0.109. The summed E-state index contributed by atoms with van der Waals surface area (Å²) >= 11 is 0. The minimum atomic E-state index is 0.109. The largest absolute Gasteiger partial charge is 0.361 e. The van der Waals surface area contributed by atoms with Gasteiger partial charge in [-0.1, -0.05) is 42.5 Å². The number of hydrogen-bond donors (Lipinski definition) is 1. The summed E-state index contributed by atoms with van der Waals surface area (Å²) < 4.78 is 1.84. The van der Waals surface area contributed by atoms with Gasteiger partial charge in [0.15, 0.2) is 0 Å². The lowest BCUT2D eigenvalue weighted by Crippen LogP contribution is -2.39. The first-order valence-electron chi connectivity index (χ1n) is 8.91. The van der Waals surface area contributed by atoms with Crippen molar-refractivity contribution in [2.45, 2.75) is 19.9 Å². The van der Waals surface area contributed by atoms with Crippen LogP contribution in [0.1, 0.15) is 16.8 Å². The van der Waals surface area contributed by atoms with Crippen LogP contribution in [0.2, 0.25) is 0 Å². The molecule has 0 spiro atoms. The smallest absolute Gasteiger partial charge is 0.242 e. The summed E-state index contributed by atoms with van der Waals surface area (Å²) in [6.07, 6.45) is 0.920. The maximum atomic E-state index is 12.7. The number of aryl methyl sites for hydroxylation is 1. The second kappa shape index (κ2) is 7.04. The second-order valence-electron chi connectivity index (χ2n) is 6.61. The molecule has 3 aromatic rings. The Bertz CT molecular complexity index is 917. The highest BCUT2D eigenvalue weighted by atomic mass is 16.2. The zero-order chi connectivity index (χ0) is 17.9. The van der Waals surface area contributed by atoms with Gasteiger partial charge < -0.3 is 10.2 Å². The molecule has 0 radical (unpaired) electrons. The number of amides is 1. The Morgan fingerprint density at radius 2 is 1.81 bits per heavy atom. The molecule has 2 heterocycles. The second-order valence-corrected chi connectivity index (χ2v) is 6.61. The molecule has 132 valence electrons. The van der Waals surface area contributed by atoms with Crippen molar-refractivity contribution in [1.82, 2.24) is 14.7 Å². The molecule has 0 atom stereocenters. The number of benzene rings is 2. The molecule has 5 nitrogen and oxygen atoms in total. The molecule has 26 heavy (non-hydrogen) atoms. The SMILES string of the molecule is Cc1cc(NCC(=O)N2CCc3ccccc3C2)n(-c2ccccc2)n1. The molecule has 5 heteroatoms. The standard InChI is InChI=1S/C21H22N4O/c1-16-13-20(25(23-16)19-9-3-2-4-10-19)22-14-21(26)24-12-11-17-7-5-6-8-18(17)15-24/h2-10,13,22H,11-12,14-15H2,1H3. The average Bonchev–Trinajstić information content (AvgIpc) is 3.07. The molecule has 1 aliphatic rings. The summed E-state index contributed by atoms with van der Waals surface area (Å²) in [4.78, 5) is 14.6. The van der Waals surface area contributed by atoms with Crippen LogP contribution in [0, 0.1) is 6.92 Å². The third-order valence-electron chi connectivity index (χ3n) is 4.74. The van der Waals surface area contributed by atoms with Gasteiger partial charge in [-0.25, -0.2) is 4.68 Å². The molecular weight excluding hydrogens is 324 g/mol. The number of nitrogens with zero attached hydrogens (tertiary/aromatic N) is 3. The fourth-order valence-corrected chi connectivity index (χ4v) is 3.38. The number of carbonyl (C=O) groups excluding carboxylic acids is 1. The van der Waals surface area contributed by atoms with Crippen LogP contribution < -0.4 is 5.32 Å². The monoisotopic (exact) mass is 346 g/mol. The molecular formula is C21H22N4O. The predicted molar refractivity (Wildman–Crippen MR) is 102 cm³/mol. The van der Waals surface area contributed by atoms with Crippen LogP contribution in [0.15, 0.2) is 60.7 Å². The summed E-state index contributed by atoms with van der Waals surface area (Å²) in [7, 11) is 0. The Labute approximate surface area is 153 Å². The summed E-state index contributed by atoms with van der Waals surface area (Å²) in [6.45, 7) is 3.68. The average molecular weight is 346 g/mol. The third-order valence-corrected chi connectivity index (χ3v) is 4.74. The third kappa shape index (κ3) is 3.33. The molecule has 0 fully saturated rings. The number of nitrogens with one attached hydrogen (secondary N) is 1. The highest BCUT2D eigenvalue weighted by Crippen LogP contribution is 2.19. The molecule has 0 bridgehead atoms. The number of aromatic nitrogens is 2. The maximum Gasteiger partial charge on any atom is 0.242 e. The molecule has 1 N–H and O–H groups in total. The lowest BCUT2D eigenvalue weighted by atomic mass is 10.00. The van der Waals surface area contributed by atoms with Gasteiger partial charge in [0.05, 0.1) is 17.9 Å². The lowest BCUT2D eigenvalue weighted by molar-refractivity contribution is -0.130. The fourth-order valence-electron chi connectivity index (χ4n) is 3.38. The van der Waals surface area contributed by atoms with Crippen LogP contribution in [-0.4, -0.2) is 33.7 Å². The summed E-state index contributed by atoms with van der Waals surface area (Å²) in [5.74, 6) is 0.942. The van der Waals surface area contributed by atoms with Crippen molar-refractivity contribution in [3.63, 3.8) is 0 Å². The van der Waals surface area contributed by atoms with Gasteiger partial charge in [-0.2, -0.15) is 5.10 Å². The van der Waals surface area contributed by atoms with Crippen LogP contribution in [0.25, 0.3) is 5.69 Å². The zero-order valence-corrected chi connectivity index (χ0v) is 14.9. The van der Waals surface area contributed by atoms with Crippen molar-refractivity contribution >= 4 is 11.7 Å². The van der Waals surface area contributed by atoms with E-state index in [9.17, 15) is 4.79 Å². The maximum absolute atomic E-state index is 12.7. The van der Waals surface area contributed by atoms with E-state index in [0.29, 0.717) is 6.54 Å². The Kier molecular flexibility index (Phi) is 4.44. The molecule has 1 aliphatic heterocycles. The lowest BCUT2D eigenvalue weighted by Gasteiger charge is -2.29. The first-order valence-corrected chi connectivity index (χ1v) is 8.91. The van der Waals surface area contributed by atoms with Crippen LogP contribution >= 0.6 is 0 Å². The van der Waals surface area contributed by atoms with Crippen molar-refractivity contribution in [2.24, 2.45) is 0 Å². The topological polar surface area (TPSA) is 50.2 Å². The molecule has 0 aliphatic carbocycles. The van der Waals surface area contributed by atoms with Gasteiger partial charge in [0.1, 0.15) is 5.82 Å². The highest BCUT2D eigenvalue weighted by Gasteiger charge is 2.20. The molecule has 1 amide bonds. The van der Waals surface area contributed by atoms with Crippen molar-refractivity contribution in [2.75, 3.05) is 18.4 Å². The number of fused-ring (bicyclic) bond motifs is 1. The van der Waals surface area contributed by atoms with Gasteiger partial charge in [0.2, 0.25) is 5.91 Å². The van der Waals surface area contributed by atoms with Crippen molar-refractivity contribution < 1.29 is 4.79 Å². The summed E-state index contributed by atoms with van der Waals surface area (Å²) in [5, 5.41) is 7.79. The van der Waals surface area contributed by atoms with E-state index in [0.717, 1.165) is 30.2 Å². The molecule has 4 rings (SSSR count). The van der Waals surface area contributed by atoms with Gasteiger partial charge in [-0.3, -0.25) is 4.79 Å². The molecule has 0 saturated heterocycles. The molecule has 1 aromatic heterocycles. The number of para-hydroxylation sites is 1. The van der Waals surface area contributed by atoms with Crippen molar-refractivity contribution in [3.05, 3.63) is 77.5 Å². The predicted octanol–water partition coefficient (Wildman–Crippen LogP) is 3.18. The van der Waals surface area contributed by atoms with Crippen LogP contribution in [0.3, 0.4) is 0 Å². The first-order chi connectivity index (χ1) is 12.7. The normalized spacial score (nSPS) is 13.3. The van der Waals surface area contributed by atoms with Crippen molar-refractivity contribution in [3.8, 4) is 5.69 Å². The molecule has 0 unspecified atom stereocenters. The van der Waals surface area contributed by atoms with E-state index in [1.807, 2.05) is 59.0 Å². The van der Waals surface area contributed by atoms with Crippen LogP contribution in [0.4, 0.5) is 5.82 Å². The van der Waals surface area contributed by atoms with E-state index in [1.54, 1.807) is 0 Å². The van der Waals surface area contributed by atoms with Gasteiger partial charge in [0.25, 0.3) is 0 Å². The van der Waals surface area contributed by atoms with Gasteiger partial charge in [-0.05, 0) is 36.6 Å². The fraction of sp³-hybridized carbons (Fsp3) is 0.238.